The zero-order valence-corrected chi connectivity index (χ0v) is 17.0. The smallest absolute Gasteiger partial charge is 0.276 e. The second-order valence-corrected chi connectivity index (χ2v) is 6.81. The van der Waals surface area contributed by atoms with Crippen LogP contribution in [0.25, 0.3) is 11.1 Å². The molecule has 0 aliphatic rings. The van der Waals surface area contributed by atoms with E-state index in [2.05, 4.69) is 10.9 Å². The highest BCUT2D eigenvalue weighted by Gasteiger charge is 2.07. The molecule has 0 saturated heterocycles. The summed E-state index contributed by atoms with van der Waals surface area (Å²) in [6, 6.07) is 23.0. The fourth-order valence-electron chi connectivity index (χ4n) is 2.69. The molecule has 0 unspecified atom stereocenters. The zero-order valence-electron chi connectivity index (χ0n) is 17.0. The van der Waals surface area contributed by atoms with Gasteiger partial charge in [0.15, 0.2) is 13.2 Å². The van der Waals surface area contributed by atoms with Crippen LogP contribution in [0, 0.1) is 13.8 Å². The average molecular weight is 404 g/mol. The van der Waals surface area contributed by atoms with Crippen molar-refractivity contribution >= 4 is 11.8 Å². The summed E-state index contributed by atoms with van der Waals surface area (Å²) in [6.45, 7) is 3.55. The van der Waals surface area contributed by atoms with Crippen molar-refractivity contribution in [3.8, 4) is 22.6 Å². The SMILES string of the molecule is Cc1ccc(OCC(=O)NNC(=O)COc2ccc(-c3ccccc3)cc2)cc1C. The lowest BCUT2D eigenvalue weighted by atomic mass is 10.1. The molecule has 3 aromatic carbocycles. The van der Waals surface area contributed by atoms with Crippen molar-refractivity contribution in [3.63, 3.8) is 0 Å². The summed E-state index contributed by atoms with van der Waals surface area (Å²) in [6.07, 6.45) is 0. The first-order valence-electron chi connectivity index (χ1n) is 9.57. The van der Waals surface area contributed by atoms with E-state index in [0.29, 0.717) is 11.5 Å². The third kappa shape index (κ3) is 6.10. The maximum atomic E-state index is 11.9. The van der Waals surface area contributed by atoms with Gasteiger partial charge in [-0.05, 0) is 60.4 Å². The minimum atomic E-state index is -0.471. The number of aryl methyl sites for hydroxylation is 2. The molecule has 6 heteroatoms. The minimum Gasteiger partial charge on any atom is -0.484 e. The molecule has 0 aromatic heterocycles. The topological polar surface area (TPSA) is 76.7 Å². The summed E-state index contributed by atoms with van der Waals surface area (Å²) >= 11 is 0. The molecule has 0 atom stereocenters. The van der Waals surface area contributed by atoms with Crippen LogP contribution in [0.15, 0.2) is 72.8 Å². The molecule has 3 rings (SSSR count). The molecular formula is C24H24N2O4. The van der Waals surface area contributed by atoms with Gasteiger partial charge in [0.1, 0.15) is 11.5 Å². The number of nitrogens with one attached hydrogen (secondary N) is 2. The van der Waals surface area contributed by atoms with Crippen LogP contribution in [0.5, 0.6) is 11.5 Å². The Bertz CT molecular complexity index is 1000. The van der Waals surface area contributed by atoms with E-state index in [1.165, 1.54) is 0 Å². The molecule has 0 heterocycles. The summed E-state index contributed by atoms with van der Waals surface area (Å²) in [5, 5.41) is 0. The molecular weight excluding hydrogens is 380 g/mol. The van der Waals surface area contributed by atoms with E-state index in [0.717, 1.165) is 22.3 Å². The molecule has 3 aromatic rings. The first kappa shape index (κ1) is 20.9. The van der Waals surface area contributed by atoms with Gasteiger partial charge in [-0.3, -0.25) is 20.4 Å². The van der Waals surface area contributed by atoms with Crippen molar-refractivity contribution in [2.45, 2.75) is 13.8 Å². The Morgan fingerprint density at radius 1 is 0.667 bits per heavy atom. The Labute approximate surface area is 175 Å². The van der Waals surface area contributed by atoms with E-state index in [1.54, 1.807) is 18.2 Å². The van der Waals surface area contributed by atoms with Gasteiger partial charge in [0.25, 0.3) is 11.8 Å². The monoisotopic (exact) mass is 404 g/mol. The van der Waals surface area contributed by atoms with Crippen LogP contribution >= 0.6 is 0 Å². The Balaban J connectivity index is 1.38. The molecule has 0 bridgehead atoms. The van der Waals surface area contributed by atoms with Crippen LogP contribution in [-0.2, 0) is 9.59 Å². The van der Waals surface area contributed by atoms with Gasteiger partial charge in [0, 0.05) is 0 Å². The number of benzene rings is 3. The first-order valence-corrected chi connectivity index (χ1v) is 9.57. The summed E-state index contributed by atoms with van der Waals surface area (Å²) < 4.78 is 10.9. The lowest BCUT2D eigenvalue weighted by Crippen LogP contribution is -2.45. The molecule has 2 amide bonds. The predicted molar refractivity (Wildman–Crippen MR) is 115 cm³/mol. The normalized spacial score (nSPS) is 10.2. The molecule has 30 heavy (non-hydrogen) atoms. The lowest BCUT2D eigenvalue weighted by molar-refractivity contribution is -0.131. The Morgan fingerprint density at radius 2 is 1.20 bits per heavy atom. The largest absolute Gasteiger partial charge is 0.484 e. The van der Waals surface area contributed by atoms with E-state index in [9.17, 15) is 9.59 Å². The Morgan fingerprint density at radius 3 is 1.80 bits per heavy atom. The quantitative estimate of drug-likeness (QED) is 0.590. The summed E-state index contributed by atoms with van der Waals surface area (Å²) in [4.78, 5) is 23.7. The molecule has 0 saturated carbocycles. The fourth-order valence-corrected chi connectivity index (χ4v) is 2.69. The lowest BCUT2D eigenvalue weighted by Gasteiger charge is -2.11. The van der Waals surface area contributed by atoms with Gasteiger partial charge in [-0.25, -0.2) is 0 Å². The Kier molecular flexibility index (Phi) is 7.05. The van der Waals surface area contributed by atoms with Gasteiger partial charge < -0.3 is 9.47 Å². The highest BCUT2D eigenvalue weighted by atomic mass is 16.5. The number of hydrogen-bond donors (Lipinski definition) is 2. The second-order valence-electron chi connectivity index (χ2n) is 6.81. The zero-order chi connectivity index (χ0) is 21.3. The van der Waals surface area contributed by atoms with E-state index < -0.39 is 11.8 Å². The van der Waals surface area contributed by atoms with Crippen molar-refractivity contribution in [1.82, 2.24) is 10.9 Å². The standard InChI is InChI=1S/C24H24N2O4/c1-17-8-11-22(14-18(17)2)30-16-24(28)26-25-23(27)15-29-21-12-9-20(10-13-21)19-6-4-3-5-7-19/h3-14H,15-16H2,1-2H3,(H,25,27)(H,26,28). The highest BCUT2D eigenvalue weighted by molar-refractivity contribution is 5.83. The maximum absolute atomic E-state index is 11.9. The van der Waals surface area contributed by atoms with Crippen LogP contribution in [0.2, 0.25) is 0 Å². The molecule has 0 spiro atoms. The first-order chi connectivity index (χ1) is 14.5. The number of carbonyl (C=O) groups is 2. The molecule has 154 valence electrons. The highest BCUT2D eigenvalue weighted by Crippen LogP contribution is 2.22. The van der Waals surface area contributed by atoms with Crippen molar-refractivity contribution in [2.75, 3.05) is 13.2 Å². The molecule has 0 aliphatic carbocycles. The van der Waals surface area contributed by atoms with E-state index >= 15 is 0 Å². The van der Waals surface area contributed by atoms with E-state index in [-0.39, 0.29) is 13.2 Å². The Hall–Kier alpha value is -3.80. The molecule has 2 N–H and O–H groups in total. The van der Waals surface area contributed by atoms with Gasteiger partial charge >= 0.3 is 0 Å². The number of carbonyl (C=O) groups excluding carboxylic acids is 2. The van der Waals surface area contributed by atoms with Crippen LogP contribution in [0.1, 0.15) is 11.1 Å². The van der Waals surface area contributed by atoms with E-state index in [1.807, 2.05) is 68.4 Å². The third-order valence-corrected chi connectivity index (χ3v) is 4.52. The second kappa shape index (κ2) is 10.1. The predicted octanol–water partition coefficient (Wildman–Crippen LogP) is 3.58. The van der Waals surface area contributed by atoms with Crippen LogP contribution in [0.3, 0.4) is 0 Å². The van der Waals surface area contributed by atoms with Crippen LogP contribution < -0.4 is 20.3 Å². The fraction of sp³-hybridized carbons (Fsp3) is 0.167. The third-order valence-electron chi connectivity index (χ3n) is 4.52. The van der Waals surface area contributed by atoms with Gasteiger partial charge in [-0.2, -0.15) is 0 Å². The van der Waals surface area contributed by atoms with E-state index in [4.69, 9.17) is 9.47 Å². The molecule has 0 aliphatic heterocycles. The number of hydrazine groups is 1. The van der Waals surface area contributed by atoms with Crippen LogP contribution in [-0.4, -0.2) is 25.0 Å². The van der Waals surface area contributed by atoms with Crippen LogP contribution in [0.4, 0.5) is 0 Å². The maximum Gasteiger partial charge on any atom is 0.276 e. The summed E-state index contributed by atoms with van der Waals surface area (Å²) in [5.74, 6) is 0.228. The number of rotatable bonds is 7. The summed E-state index contributed by atoms with van der Waals surface area (Å²) in [5.41, 5.74) is 8.99. The minimum absolute atomic E-state index is 0.204. The van der Waals surface area contributed by atoms with Crippen molar-refractivity contribution in [3.05, 3.63) is 83.9 Å². The number of ether oxygens (including phenoxy) is 2. The van der Waals surface area contributed by atoms with Crippen molar-refractivity contribution in [1.29, 1.82) is 0 Å². The van der Waals surface area contributed by atoms with Crippen molar-refractivity contribution in [2.24, 2.45) is 0 Å². The van der Waals surface area contributed by atoms with Gasteiger partial charge in [0.2, 0.25) is 0 Å². The number of hydrogen-bond acceptors (Lipinski definition) is 4. The average Bonchev–Trinajstić information content (AvgIpc) is 2.78. The van der Waals surface area contributed by atoms with Gasteiger partial charge in [-0.15, -0.1) is 0 Å². The molecule has 0 radical (unpaired) electrons. The molecule has 6 nitrogen and oxygen atoms in total. The summed E-state index contributed by atoms with van der Waals surface area (Å²) in [7, 11) is 0. The number of amides is 2. The molecule has 0 fully saturated rings. The van der Waals surface area contributed by atoms with Gasteiger partial charge in [0.05, 0.1) is 0 Å². The van der Waals surface area contributed by atoms with Gasteiger partial charge in [-0.1, -0.05) is 48.5 Å². The van der Waals surface area contributed by atoms with Crippen molar-refractivity contribution < 1.29 is 19.1 Å².